The summed E-state index contributed by atoms with van der Waals surface area (Å²) in [6.07, 6.45) is 2.48. The third kappa shape index (κ3) is 3.56. The number of hydrogen-bond donors (Lipinski definition) is 2. The fourth-order valence-electron chi connectivity index (χ4n) is 2.57. The van der Waals surface area contributed by atoms with Crippen LogP contribution in [0.2, 0.25) is 0 Å². The number of rotatable bonds is 3. The quantitative estimate of drug-likeness (QED) is 0.915. The van der Waals surface area contributed by atoms with Crippen LogP contribution >= 0.6 is 0 Å². The maximum Gasteiger partial charge on any atom is 0.319 e. The average molecular weight is 318 g/mol. The summed E-state index contributed by atoms with van der Waals surface area (Å²) >= 11 is 0. The topological polar surface area (TPSA) is 57.3 Å². The Kier molecular flexibility index (Phi) is 4.36. The number of carbonyl (C=O) groups excluding carboxylic acids is 1. The van der Waals surface area contributed by atoms with Crippen LogP contribution in [0.15, 0.2) is 42.6 Å². The molecule has 0 bridgehead atoms. The van der Waals surface area contributed by atoms with E-state index in [0.29, 0.717) is 6.54 Å². The van der Waals surface area contributed by atoms with Crippen LogP contribution in [0.3, 0.4) is 0 Å². The maximum absolute atomic E-state index is 13.5. The van der Waals surface area contributed by atoms with E-state index in [1.807, 2.05) is 18.2 Å². The molecule has 1 fully saturated rings. The minimum absolute atomic E-state index is 0.0753. The van der Waals surface area contributed by atoms with Crippen molar-refractivity contribution in [3.05, 3.63) is 54.2 Å². The van der Waals surface area contributed by atoms with Gasteiger partial charge in [-0.1, -0.05) is 12.1 Å². The standard InChI is InChI=1S/C16H16F2N4O/c17-12-4-3-5-13(15(12)18)21-16(23)20-11-7-9-22(10-11)14-6-1-2-8-19-14/h1-6,8,11H,7,9-10H2,(H2,20,21,23)/t11-/m0/s1. The smallest absolute Gasteiger partial charge is 0.319 e. The molecule has 0 radical (unpaired) electrons. The molecule has 23 heavy (non-hydrogen) atoms. The highest BCUT2D eigenvalue weighted by Gasteiger charge is 2.25. The van der Waals surface area contributed by atoms with Crippen molar-refractivity contribution in [3.8, 4) is 0 Å². The van der Waals surface area contributed by atoms with Gasteiger partial charge in [0.25, 0.3) is 0 Å². The maximum atomic E-state index is 13.5. The van der Waals surface area contributed by atoms with E-state index >= 15 is 0 Å². The highest BCUT2D eigenvalue weighted by Crippen LogP contribution is 2.18. The van der Waals surface area contributed by atoms with E-state index in [2.05, 4.69) is 20.5 Å². The molecule has 0 aliphatic carbocycles. The van der Waals surface area contributed by atoms with Crippen LogP contribution in [0.25, 0.3) is 0 Å². The molecular formula is C16H16F2N4O. The first kappa shape index (κ1) is 15.2. The zero-order valence-corrected chi connectivity index (χ0v) is 12.3. The fraction of sp³-hybridized carbons (Fsp3) is 0.250. The van der Waals surface area contributed by atoms with Crippen molar-refractivity contribution < 1.29 is 13.6 Å². The molecule has 0 unspecified atom stereocenters. The number of pyridine rings is 1. The number of anilines is 2. The highest BCUT2D eigenvalue weighted by atomic mass is 19.2. The lowest BCUT2D eigenvalue weighted by Crippen LogP contribution is -2.40. The van der Waals surface area contributed by atoms with Gasteiger partial charge in [-0.15, -0.1) is 0 Å². The molecule has 0 saturated carbocycles. The Morgan fingerprint density at radius 3 is 2.87 bits per heavy atom. The molecule has 7 heteroatoms. The number of hydrogen-bond acceptors (Lipinski definition) is 3. The van der Waals surface area contributed by atoms with Crippen LogP contribution in [0, 0.1) is 11.6 Å². The lowest BCUT2D eigenvalue weighted by molar-refractivity contribution is 0.249. The summed E-state index contributed by atoms with van der Waals surface area (Å²) in [5, 5.41) is 5.10. The van der Waals surface area contributed by atoms with Crippen molar-refractivity contribution in [2.24, 2.45) is 0 Å². The first-order valence-corrected chi connectivity index (χ1v) is 7.31. The molecule has 2 N–H and O–H groups in total. The number of carbonyl (C=O) groups is 1. The average Bonchev–Trinajstić information content (AvgIpc) is 3.01. The van der Waals surface area contributed by atoms with Crippen molar-refractivity contribution in [1.82, 2.24) is 10.3 Å². The lowest BCUT2D eigenvalue weighted by atomic mass is 10.2. The first-order valence-electron chi connectivity index (χ1n) is 7.31. The fourth-order valence-corrected chi connectivity index (χ4v) is 2.57. The zero-order valence-electron chi connectivity index (χ0n) is 12.3. The molecule has 1 aromatic carbocycles. The van der Waals surface area contributed by atoms with Gasteiger partial charge in [-0.3, -0.25) is 0 Å². The highest BCUT2D eigenvalue weighted by molar-refractivity contribution is 5.89. The van der Waals surface area contributed by atoms with E-state index in [-0.39, 0.29) is 11.7 Å². The lowest BCUT2D eigenvalue weighted by Gasteiger charge is -2.18. The van der Waals surface area contributed by atoms with Gasteiger partial charge < -0.3 is 15.5 Å². The number of benzene rings is 1. The predicted octanol–water partition coefficient (Wildman–Crippen LogP) is 2.76. The number of halogens is 2. The van der Waals surface area contributed by atoms with E-state index < -0.39 is 17.7 Å². The minimum Gasteiger partial charge on any atom is -0.354 e. The number of urea groups is 1. The molecule has 2 heterocycles. The largest absolute Gasteiger partial charge is 0.354 e. The summed E-state index contributed by atoms with van der Waals surface area (Å²) in [5.41, 5.74) is -0.179. The van der Waals surface area contributed by atoms with Gasteiger partial charge in [0, 0.05) is 25.3 Å². The van der Waals surface area contributed by atoms with Gasteiger partial charge in [0.15, 0.2) is 11.6 Å². The Balaban J connectivity index is 1.56. The summed E-state index contributed by atoms with van der Waals surface area (Å²) in [6, 6.07) is 8.68. The number of aromatic nitrogens is 1. The number of nitrogens with one attached hydrogen (secondary N) is 2. The monoisotopic (exact) mass is 318 g/mol. The second-order valence-electron chi connectivity index (χ2n) is 5.32. The molecular weight excluding hydrogens is 302 g/mol. The van der Waals surface area contributed by atoms with Crippen LogP contribution in [-0.2, 0) is 0 Å². The molecule has 2 aromatic rings. The van der Waals surface area contributed by atoms with E-state index in [0.717, 1.165) is 24.8 Å². The normalized spacial score (nSPS) is 17.1. The van der Waals surface area contributed by atoms with Crippen LogP contribution in [-0.4, -0.2) is 30.1 Å². The second kappa shape index (κ2) is 6.60. The molecule has 1 atom stereocenters. The van der Waals surface area contributed by atoms with Crippen LogP contribution in [0.5, 0.6) is 0 Å². The Bertz CT molecular complexity index is 696. The van der Waals surface area contributed by atoms with Crippen molar-refractivity contribution in [2.45, 2.75) is 12.5 Å². The molecule has 0 spiro atoms. The summed E-state index contributed by atoms with van der Waals surface area (Å²) in [7, 11) is 0. The van der Waals surface area contributed by atoms with Gasteiger partial charge in [-0.2, -0.15) is 0 Å². The van der Waals surface area contributed by atoms with E-state index in [1.54, 1.807) is 6.20 Å². The Hall–Kier alpha value is -2.70. The number of nitrogens with zero attached hydrogens (tertiary/aromatic N) is 2. The summed E-state index contributed by atoms with van der Waals surface area (Å²) in [5.74, 6) is -1.21. The summed E-state index contributed by atoms with van der Waals surface area (Å²) < 4.78 is 26.6. The van der Waals surface area contributed by atoms with Crippen molar-refractivity contribution >= 4 is 17.5 Å². The third-order valence-corrected chi connectivity index (χ3v) is 3.70. The number of amides is 2. The SMILES string of the molecule is O=C(Nc1cccc(F)c1F)N[C@H]1CCN(c2ccccn2)C1. The van der Waals surface area contributed by atoms with Gasteiger partial charge in [-0.05, 0) is 30.7 Å². The van der Waals surface area contributed by atoms with Crippen LogP contribution in [0.1, 0.15) is 6.42 Å². The Morgan fingerprint density at radius 2 is 2.09 bits per heavy atom. The van der Waals surface area contributed by atoms with Gasteiger partial charge in [0.05, 0.1) is 5.69 Å². The van der Waals surface area contributed by atoms with Crippen molar-refractivity contribution in [3.63, 3.8) is 0 Å². The molecule has 120 valence electrons. The summed E-state index contributed by atoms with van der Waals surface area (Å²) in [4.78, 5) is 18.3. The van der Waals surface area contributed by atoms with Gasteiger partial charge in [-0.25, -0.2) is 18.6 Å². The molecule has 2 amide bonds. The molecule has 1 aromatic heterocycles. The molecule has 5 nitrogen and oxygen atoms in total. The molecule has 1 aliphatic heterocycles. The van der Waals surface area contributed by atoms with Crippen molar-refractivity contribution in [2.75, 3.05) is 23.3 Å². The van der Waals surface area contributed by atoms with E-state index in [4.69, 9.17) is 0 Å². The van der Waals surface area contributed by atoms with E-state index in [1.165, 1.54) is 12.1 Å². The van der Waals surface area contributed by atoms with Gasteiger partial charge in [0.2, 0.25) is 0 Å². The predicted molar refractivity (Wildman–Crippen MR) is 83.4 cm³/mol. The molecule has 3 rings (SSSR count). The van der Waals surface area contributed by atoms with Crippen LogP contribution in [0.4, 0.5) is 25.1 Å². The van der Waals surface area contributed by atoms with Crippen LogP contribution < -0.4 is 15.5 Å². The van der Waals surface area contributed by atoms with Gasteiger partial charge >= 0.3 is 6.03 Å². The Morgan fingerprint density at radius 1 is 1.22 bits per heavy atom. The molecule has 1 aliphatic rings. The summed E-state index contributed by atoms with van der Waals surface area (Å²) in [6.45, 7) is 1.40. The first-order chi connectivity index (χ1) is 11.1. The minimum atomic E-state index is -1.07. The Labute approximate surface area is 132 Å². The van der Waals surface area contributed by atoms with E-state index in [9.17, 15) is 13.6 Å². The third-order valence-electron chi connectivity index (χ3n) is 3.70. The second-order valence-corrected chi connectivity index (χ2v) is 5.32. The zero-order chi connectivity index (χ0) is 16.2. The van der Waals surface area contributed by atoms with Gasteiger partial charge in [0.1, 0.15) is 5.82 Å². The molecule has 1 saturated heterocycles. The van der Waals surface area contributed by atoms with Crippen molar-refractivity contribution in [1.29, 1.82) is 0 Å².